The Hall–Kier alpha value is -6.42. The summed E-state index contributed by atoms with van der Waals surface area (Å²) in [5.41, 5.74) is 15.4. The van der Waals surface area contributed by atoms with E-state index >= 15 is 0 Å². The Bertz CT molecular complexity index is 3360. The maximum atomic E-state index is 6.56. The number of thiophene rings is 1. The molecule has 12 rings (SSSR count). The zero-order chi connectivity index (χ0) is 35.7. The largest absolute Gasteiger partial charge is 0.455 e. The predicted octanol–water partition coefficient (Wildman–Crippen LogP) is 14.7. The highest BCUT2D eigenvalue weighted by Gasteiger charge is 2.38. The molecule has 0 fully saturated rings. The second kappa shape index (κ2) is 10.8. The highest BCUT2D eigenvalue weighted by molar-refractivity contribution is 7.25. The van der Waals surface area contributed by atoms with Crippen LogP contribution in [0.25, 0.3) is 103 Å². The number of fused-ring (bicyclic) bond motifs is 13. The van der Waals surface area contributed by atoms with Crippen molar-refractivity contribution in [2.75, 3.05) is 0 Å². The molecule has 0 unspecified atom stereocenters. The van der Waals surface area contributed by atoms with Gasteiger partial charge in [-0.1, -0.05) is 111 Å². The average molecular weight is 708 g/mol. The molecule has 1 aliphatic rings. The van der Waals surface area contributed by atoms with Crippen LogP contribution in [0.4, 0.5) is 0 Å². The van der Waals surface area contributed by atoms with Gasteiger partial charge in [0, 0.05) is 58.4 Å². The average Bonchev–Trinajstić information content (AvgIpc) is 3.94. The molecule has 3 heterocycles. The number of hydrogen-bond donors (Lipinski definition) is 0. The lowest BCUT2D eigenvalue weighted by Crippen LogP contribution is -2.14. The molecule has 8 aromatic carbocycles. The predicted molar refractivity (Wildman–Crippen MR) is 229 cm³/mol. The van der Waals surface area contributed by atoms with E-state index in [0.717, 1.165) is 16.9 Å². The Kier molecular flexibility index (Phi) is 6.03. The first kappa shape index (κ1) is 30.1. The van der Waals surface area contributed by atoms with Crippen molar-refractivity contribution in [2.24, 2.45) is 0 Å². The molecule has 3 aromatic heterocycles. The summed E-state index contributed by atoms with van der Waals surface area (Å²) in [6.45, 7) is 4.70. The summed E-state index contributed by atoms with van der Waals surface area (Å²) in [7, 11) is 0. The molecule has 254 valence electrons. The molecular formula is C51H33NOS. The minimum atomic E-state index is -0.162. The van der Waals surface area contributed by atoms with Crippen molar-refractivity contribution in [3.05, 3.63) is 175 Å². The van der Waals surface area contributed by atoms with Gasteiger partial charge in [-0.3, -0.25) is 0 Å². The van der Waals surface area contributed by atoms with Gasteiger partial charge in [0.1, 0.15) is 11.2 Å². The first-order valence-electron chi connectivity index (χ1n) is 18.7. The van der Waals surface area contributed by atoms with E-state index in [1.807, 2.05) is 11.3 Å². The third kappa shape index (κ3) is 4.10. The Morgan fingerprint density at radius 1 is 0.463 bits per heavy atom. The number of aromatic nitrogens is 1. The highest BCUT2D eigenvalue weighted by atomic mass is 32.1. The van der Waals surface area contributed by atoms with Crippen molar-refractivity contribution in [2.45, 2.75) is 19.3 Å². The molecule has 0 amide bonds. The molecule has 2 nitrogen and oxygen atoms in total. The molecular weight excluding hydrogens is 675 g/mol. The topological polar surface area (TPSA) is 18.1 Å². The Labute approximate surface area is 316 Å². The molecule has 11 aromatic rings. The van der Waals surface area contributed by atoms with E-state index in [9.17, 15) is 0 Å². The van der Waals surface area contributed by atoms with E-state index in [1.54, 1.807) is 0 Å². The van der Waals surface area contributed by atoms with Gasteiger partial charge in [0.05, 0.1) is 11.0 Å². The summed E-state index contributed by atoms with van der Waals surface area (Å²) in [5.74, 6) is 0. The van der Waals surface area contributed by atoms with E-state index in [4.69, 9.17) is 4.42 Å². The summed E-state index contributed by atoms with van der Waals surface area (Å²) in [6, 6.07) is 60.4. The monoisotopic (exact) mass is 707 g/mol. The number of nitrogens with zero attached hydrogens (tertiary/aromatic N) is 1. The number of para-hydroxylation sites is 2. The van der Waals surface area contributed by atoms with E-state index < -0.39 is 0 Å². The number of furan rings is 1. The van der Waals surface area contributed by atoms with Gasteiger partial charge in [0.25, 0.3) is 0 Å². The van der Waals surface area contributed by atoms with Crippen molar-refractivity contribution in [1.82, 2.24) is 4.57 Å². The van der Waals surface area contributed by atoms with Crippen LogP contribution >= 0.6 is 11.3 Å². The van der Waals surface area contributed by atoms with Crippen LogP contribution in [0, 0.1) is 0 Å². The molecule has 0 spiro atoms. The third-order valence-electron chi connectivity index (χ3n) is 12.0. The Morgan fingerprint density at radius 3 is 1.85 bits per heavy atom. The van der Waals surface area contributed by atoms with E-state index in [0.29, 0.717) is 0 Å². The SMILES string of the molecule is CC1(C)c2cc(-c3ccc4c(c3)c3cc(-c5ccc6sc7ccccc7c6c5)ccc3n4-c3ccccc3)ccc2-c2c1ccc1c2oc2ccccc21. The van der Waals surface area contributed by atoms with Gasteiger partial charge in [0.2, 0.25) is 0 Å². The molecule has 3 heteroatoms. The van der Waals surface area contributed by atoms with Gasteiger partial charge in [-0.15, -0.1) is 11.3 Å². The van der Waals surface area contributed by atoms with Crippen molar-refractivity contribution in [1.29, 1.82) is 0 Å². The fourth-order valence-electron chi connectivity index (χ4n) is 9.32. The van der Waals surface area contributed by atoms with Gasteiger partial charge < -0.3 is 8.98 Å². The molecule has 0 bridgehead atoms. The minimum Gasteiger partial charge on any atom is -0.455 e. The first-order chi connectivity index (χ1) is 26.5. The standard InChI is InChI=1S/C51H33NOS/c1-51(2)42-22-21-37-35-12-6-8-14-46(35)53-50(37)49(42)38-20-16-33(29-43(38)51)31-18-24-45-40(27-31)39-26-30(17-23-44(39)52(45)34-10-4-3-5-11-34)32-19-25-48-41(28-32)36-13-7-9-15-47(36)54-48/h3-29H,1-2H3. The molecule has 0 radical (unpaired) electrons. The van der Waals surface area contributed by atoms with Gasteiger partial charge in [-0.05, 0) is 106 Å². The first-order valence-corrected chi connectivity index (χ1v) is 19.5. The summed E-state index contributed by atoms with van der Waals surface area (Å²) < 4.78 is 11.6. The summed E-state index contributed by atoms with van der Waals surface area (Å²) in [6.07, 6.45) is 0. The smallest absolute Gasteiger partial charge is 0.143 e. The zero-order valence-corrected chi connectivity index (χ0v) is 30.7. The fraction of sp³-hybridized carbons (Fsp3) is 0.0588. The van der Waals surface area contributed by atoms with Crippen molar-refractivity contribution in [3.63, 3.8) is 0 Å². The van der Waals surface area contributed by atoms with Crippen LogP contribution in [-0.4, -0.2) is 4.57 Å². The van der Waals surface area contributed by atoms with Crippen molar-refractivity contribution in [3.8, 4) is 39.1 Å². The summed E-state index contributed by atoms with van der Waals surface area (Å²) in [4.78, 5) is 0. The maximum Gasteiger partial charge on any atom is 0.143 e. The summed E-state index contributed by atoms with van der Waals surface area (Å²) >= 11 is 1.87. The maximum absolute atomic E-state index is 6.56. The van der Waals surface area contributed by atoms with E-state index in [-0.39, 0.29) is 5.41 Å². The Balaban J connectivity index is 1.04. The normalized spacial score (nSPS) is 13.5. The molecule has 0 atom stereocenters. The molecule has 54 heavy (non-hydrogen) atoms. The molecule has 0 saturated heterocycles. The Morgan fingerprint density at radius 2 is 1.07 bits per heavy atom. The minimum absolute atomic E-state index is 0.162. The van der Waals surface area contributed by atoms with Crippen LogP contribution in [-0.2, 0) is 5.41 Å². The van der Waals surface area contributed by atoms with Crippen molar-refractivity contribution >= 4 is 75.3 Å². The second-order valence-electron chi connectivity index (χ2n) is 15.3. The second-order valence-corrected chi connectivity index (χ2v) is 16.4. The van der Waals surface area contributed by atoms with E-state index in [1.165, 1.54) is 97.3 Å². The number of benzene rings is 8. The van der Waals surface area contributed by atoms with Crippen LogP contribution in [0.1, 0.15) is 25.0 Å². The van der Waals surface area contributed by atoms with Crippen LogP contribution in [0.15, 0.2) is 168 Å². The van der Waals surface area contributed by atoms with Gasteiger partial charge in [-0.25, -0.2) is 0 Å². The zero-order valence-electron chi connectivity index (χ0n) is 29.9. The highest BCUT2D eigenvalue weighted by Crippen LogP contribution is 2.53. The fourth-order valence-corrected chi connectivity index (χ4v) is 10.4. The van der Waals surface area contributed by atoms with Crippen molar-refractivity contribution < 1.29 is 4.42 Å². The quantitative estimate of drug-likeness (QED) is 0.179. The molecule has 0 saturated carbocycles. The lowest BCUT2D eigenvalue weighted by molar-refractivity contribution is 0.653. The van der Waals surface area contributed by atoms with Crippen LogP contribution in [0.5, 0.6) is 0 Å². The third-order valence-corrected chi connectivity index (χ3v) is 13.2. The molecule has 1 aliphatic carbocycles. The molecule has 0 N–H and O–H groups in total. The van der Waals surface area contributed by atoms with Gasteiger partial charge in [-0.2, -0.15) is 0 Å². The number of hydrogen-bond acceptors (Lipinski definition) is 2. The number of rotatable bonds is 3. The van der Waals surface area contributed by atoms with Crippen LogP contribution in [0.2, 0.25) is 0 Å². The van der Waals surface area contributed by atoms with Gasteiger partial charge >= 0.3 is 0 Å². The van der Waals surface area contributed by atoms with E-state index in [2.05, 4.69) is 182 Å². The van der Waals surface area contributed by atoms with Gasteiger partial charge in [0.15, 0.2) is 0 Å². The van der Waals surface area contributed by atoms with Crippen LogP contribution < -0.4 is 0 Å². The molecule has 0 aliphatic heterocycles. The van der Waals surface area contributed by atoms with Crippen LogP contribution in [0.3, 0.4) is 0 Å². The lowest BCUT2D eigenvalue weighted by atomic mass is 9.81. The summed E-state index contributed by atoms with van der Waals surface area (Å²) in [5, 5.41) is 7.51. The lowest BCUT2D eigenvalue weighted by Gasteiger charge is -2.22.